The summed E-state index contributed by atoms with van der Waals surface area (Å²) in [6, 6.07) is 1.85. The lowest BCUT2D eigenvalue weighted by atomic mass is 10.2. The molecule has 0 spiro atoms. The molecule has 1 fully saturated rings. The number of hydrogen-bond acceptors (Lipinski definition) is 2. The fourth-order valence-corrected chi connectivity index (χ4v) is 2.59. The van der Waals surface area contributed by atoms with Gasteiger partial charge in [-0.3, -0.25) is 4.99 Å². The van der Waals surface area contributed by atoms with Crippen molar-refractivity contribution in [2.75, 3.05) is 20.2 Å². The Hall–Kier alpha value is -0.180. The van der Waals surface area contributed by atoms with Gasteiger partial charge < -0.3 is 19.9 Å². The highest BCUT2D eigenvalue weighted by Crippen LogP contribution is 2.24. The Morgan fingerprint density at radius 2 is 2.24 bits per heavy atom. The second-order valence-electron chi connectivity index (χ2n) is 4.78. The molecule has 0 aromatic carbocycles. The van der Waals surface area contributed by atoms with Crippen molar-refractivity contribution in [3.63, 3.8) is 0 Å². The molecule has 2 rings (SSSR count). The summed E-state index contributed by atoms with van der Waals surface area (Å²) in [6.07, 6.45) is 2.53. The third-order valence-corrected chi connectivity index (χ3v) is 4.24. The Bertz CT molecular complexity index is 487. The van der Waals surface area contributed by atoms with Crippen molar-refractivity contribution in [2.24, 2.45) is 12.0 Å². The van der Waals surface area contributed by atoms with Crippen LogP contribution in [0.15, 0.2) is 11.1 Å². The lowest BCUT2D eigenvalue weighted by Crippen LogP contribution is -2.40. The molecule has 1 aliphatic rings. The van der Waals surface area contributed by atoms with E-state index in [1.165, 1.54) is 0 Å². The Morgan fingerprint density at radius 3 is 2.76 bits per heavy atom. The highest BCUT2D eigenvalue weighted by Gasteiger charge is 2.15. The molecule has 0 radical (unpaired) electrons. The van der Waals surface area contributed by atoms with Gasteiger partial charge in [-0.2, -0.15) is 0 Å². The van der Waals surface area contributed by atoms with Gasteiger partial charge in [0, 0.05) is 32.9 Å². The van der Waals surface area contributed by atoms with Crippen molar-refractivity contribution < 1.29 is 4.74 Å². The predicted molar refractivity (Wildman–Crippen MR) is 98.0 cm³/mol. The van der Waals surface area contributed by atoms with Crippen molar-refractivity contribution in [1.29, 1.82) is 0 Å². The molecule has 1 aromatic heterocycles. The molecule has 120 valence electrons. The van der Waals surface area contributed by atoms with Crippen LogP contribution < -0.4 is 10.6 Å². The van der Waals surface area contributed by atoms with E-state index in [2.05, 4.69) is 15.6 Å². The van der Waals surface area contributed by atoms with E-state index in [9.17, 15) is 0 Å². The molecular weight excluding hydrogens is 426 g/mol. The van der Waals surface area contributed by atoms with Crippen LogP contribution in [0.25, 0.3) is 0 Å². The predicted octanol–water partition coefficient (Wildman–Crippen LogP) is 2.79. The first-order valence-electron chi connectivity index (χ1n) is 6.67. The number of aliphatic imine (C=N–C) groups is 1. The first kappa shape index (κ1) is 18.9. The maximum atomic E-state index is 6.04. The lowest BCUT2D eigenvalue weighted by molar-refractivity contribution is 0.114. The second-order valence-corrected chi connectivity index (χ2v) is 5.54. The number of ether oxygens (including phenoxy) is 1. The molecule has 21 heavy (non-hydrogen) atoms. The number of nitrogens with zero attached hydrogens (tertiary/aromatic N) is 2. The Labute approximate surface area is 152 Å². The summed E-state index contributed by atoms with van der Waals surface area (Å²) in [6.45, 7) is 2.24. The second kappa shape index (κ2) is 9.07. The van der Waals surface area contributed by atoms with Gasteiger partial charge in [-0.1, -0.05) is 23.2 Å². The Morgan fingerprint density at radius 1 is 1.48 bits per heavy atom. The van der Waals surface area contributed by atoms with Crippen LogP contribution in [0.1, 0.15) is 18.5 Å². The number of aromatic nitrogens is 1. The Balaban J connectivity index is 0.00000220. The molecule has 1 aliphatic heterocycles. The average Bonchev–Trinajstić information content (AvgIpc) is 3.04. The minimum atomic E-state index is 0. The van der Waals surface area contributed by atoms with Gasteiger partial charge >= 0.3 is 0 Å². The van der Waals surface area contributed by atoms with Crippen molar-refractivity contribution in [3.8, 4) is 0 Å². The van der Waals surface area contributed by atoms with Gasteiger partial charge in [0.25, 0.3) is 0 Å². The molecule has 1 aromatic rings. The quantitative estimate of drug-likeness (QED) is 0.424. The highest BCUT2D eigenvalue weighted by molar-refractivity contribution is 14.0. The van der Waals surface area contributed by atoms with Crippen LogP contribution in [0.4, 0.5) is 0 Å². The molecule has 1 unspecified atom stereocenters. The Kier molecular flexibility index (Phi) is 8.15. The highest BCUT2D eigenvalue weighted by atomic mass is 127. The summed E-state index contributed by atoms with van der Waals surface area (Å²) in [7, 11) is 3.63. The molecule has 0 saturated carbocycles. The molecule has 2 N–H and O–H groups in total. The van der Waals surface area contributed by atoms with Gasteiger partial charge in [-0.25, -0.2) is 0 Å². The number of nitrogens with one attached hydrogen (secondary N) is 2. The normalized spacial score (nSPS) is 18.5. The fourth-order valence-electron chi connectivity index (χ4n) is 2.17. The summed E-state index contributed by atoms with van der Waals surface area (Å²) in [5.74, 6) is 0.744. The zero-order valence-corrected chi connectivity index (χ0v) is 16.0. The van der Waals surface area contributed by atoms with Crippen LogP contribution in [-0.2, 0) is 18.3 Å². The number of guanidine groups is 1. The third-order valence-electron chi connectivity index (χ3n) is 3.40. The van der Waals surface area contributed by atoms with Crippen LogP contribution in [0.3, 0.4) is 0 Å². The van der Waals surface area contributed by atoms with E-state index in [-0.39, 0.29) is 30.1 Å². The van der Waals surface area contributed by atoms with Gasteiger partial charge in [-0.05, 0) is 18.9 Å². The van der Waals surface area contributed by atoms with E-state index in [1.54, 1.807) is 7.05 Å². The molecule has 2 heterocycles. The standard InChI is InChI=1S/C13H20Cl2N4O.HI/c1-16-13(18-8-10-4-3-5-20-10)17-7-9-6-11(14)12(15)19(9)2;/h6,10H,3-5,7-8H2,1-2H3,(H2,16,17,18);1H. The SMILES string of the molecule is CN=C(NCc1cc(Cl)c(Cl)n1C)NCC1CCCO1.I. The van der Waals surface area contributed by atoms with Crippen molar-refractivity contribution in [2.45, 2.75) is 25.5 Å². The first-order chi connectivity index (χ1) is 9.61. The van der Waals surface area contributed by atoms with Gasteiger partial charge in [0.15, 0.2) is 5.96 Å². The number of hydrogen-bond donors (Lipinski definition) is 2. The minimum absolute atomic E-state index is 0. The molecule has 5 nitrogen and oxygen atoms in total. The zero-order valence-electron chi connectivity index (χ0n) is 12.2. The third kappa shape index (κ3) is 5.19. The zero-order chi connectivity index (χ0) is 14.5. The number of rotatable bonds is 4. The molecule has 0 bridgehead atoms. The van der Waals surface area contributed by atoms with Gasteiger partial charge in [0.2, 0.25) is 0 Å². The maximum Gasteiger partial charge on any atom is 0.191 e. The first-order valence-corrected chi connectivity index (χ1v) is 7.43. The van der Waals surface area contributed by atoms with E-state index in [1.807, 2.05) is 17.7 Å². The van der Waals surface area contributed by atoms with E-state index in [0.717, 1.165) is 37.6 Å². The summed E-state index contributed by atoms with van der Waals surface area (Å²) in [5, 5.41) is 7.61. The van der Waals surface area contributed by atoms with E-state index < -0.39 is 0 Å². The van der Waals surface area contributed by atoms with E-state index in [4.69, 9.17) is 27.9 Å². The van der Waals surface area contributed by atoms with Crippen LogP contribution >= 0.6 is 47.2 Å². The lowest BCUT2D eigenvalue weighted by Gasteiger charge is -2.15. The monoisotopic (exact) mass is 446 g/mol. The largest absolute Gasteiger partial charge is 0.376 e. The maximum absolute atomic E-state index is 6.04. The molecular formula is C13H21Cl2IN4O. The van der Waals surface area contributed by atoms with E-state index >= 15 is 0 Å². The molecule has 8 heteroatoms. The van der Waals surface area contributed by atoms with Crippen LogP contribution in [0.5, 0.6) is 0 Å². The molecule has 0 amide bonds. The average molecular weight is 447 g/mol. The minimum Gasteiger partial charge on any atom is -0.376 e. The van der Waals surface area contributed by atoms with Crippen molar-refractivity contribution >= 4 is 53.1 Å². The van der Waals surface area contributed by atoms with Crippen LogP contribution in [0.2, 0.25) is 10.2 Å². The fraction of sp³-hybridized carbons (Fsp3) is 0.615. The van der Waals surface area contributed by atoms with Gasteiger partial charge in [0.1, 0.15) is 5.15 Å². The molecule has 0 aliphatic carbocycles. The van der Waals surface area contributed by atoms with Gasteiger partial charge in [-0.15, -0.1) is 24.0 Å². The molecule has 1 atom stereocenters. The van der Waals surface area contributed by atoms with Crippen LogP contribution in [-0.4, -0.2) is 36.8 Å². The van der Waals surface area contributed by atoms with Crippen LogP contribution in [0, 0.1) is 0 Å². The van der Waals surface area contributed by atoms with Crippen molar-refractivity contribution in [1.82, 2.24) is 15.2 Å². The topological polar surface area (TPSA) is 50.6 Å². The van der Waals surface area contributed by atoms with E-state index in [0.29, 0.717) is 16.7 Å². The summed E-state index contributed by atoms with van der Waals surface area (Å²) in [5.41, 5.74) is 1.00. The molecule has 1 saturated heterocycles. The number of halogens is 3. The smallest absolute Gasteiger partial charge is 0.191 e. The van der Waals surface area contributed by atoms with Crippen molar-refractivity contribution in [3.05, 3.63) is 21.9 Å². The van der Waals surface area contributed by atoms with Gasteiger partial charge in [0.05, 0.1) is 17.7 Å². The summed E-state index contributed by atoms with van der Waals surface area (Å²) < 4.78 is 7.42. The summed E-state index contributed by atoms with van der Waals surface area (Å²) >= 11 is 12.0. The summed E-state index contributed by atoms with van der Waals surface area (Å²) in [4.78, 5) is 4.19.